The van der Waals surface area contributed by atoms with Gasteiger partial charge in [0, 0.05) is 11.1 Å². The molecule has 0 heterocycles. The fourth-order valence-electron chi connectivity index (χ4n) is 4.47. The summed E-state index contributed by atoms with van der Waals surface area (Å²) in [6.45, 7) is -0.299. The third-order valence-corrected chi connectivity index (χ3v) is 6.60. The fourth-order valence-corrected chi connectivity index (χ4v) is 4.47. The number of benzene rings is 5. The van der Waals surface area contributed by atoms with Crippen molar-refractivity contribution in [2.45, 2.75) is 6.61 Å². The number of rotatable bonds is 9. The number of carbonyl (C=O) groups is 4. The van der Waals surface area contributed by atoms with Gasteiger partial charge >= 0.3 is 11.9 Å². The standard InChI is InChI=1S/C35H23FO8/c36-25-18-10-17-24(19-25)30(38)28-26(35(42)43-20-21-11-4-1-5-12-21)27(29(37)22-13-6-2-7-14-22)31(39)32(40)33(28)44-34(41)23-15-8-3-9-16-23/h1-19,39-40H,20H2. The first kappa shape index (κ1) is 29.4. The van der Waals surface area contributed by atoms with E-state index in [1.807, 2.05) is 0 Å². The highest BCUT2D eigenvalue weighted by molar-refractivity contribution is 6.24. The Balaban J connectivity index is 1.77. The van der Waals surface area contributed by atoms with Crippen LogP contribution in [0, 0.1) is 5.82 Å². The van der Waals surface area contributed by atoms with Gasteiger partial charge in [0.15, 0.2) is 23.1 Å². The van der Waals surface area contributed by atoms with Crippen LogP contribution in [-0.4, -0.2) is 33.7 Å². The number of ketones is 2. The number of ether oxygens (including phenoxy) is 2. The number of halogens is 1. The monoisotopic (exact) mass is 590 g/mol. The summed E-state index contributed by atoms with van der Waals surface area (Å²) in [5.41, 5.74) is -2.07. The molecule has 5 aromatic carbocycles. The largest absolute Gasteiger partial charge is 0.504 e. The second-order valence-corrected chi connectivity index (χ2v) is 9.50. The maximum Gasteiger partial charge on any atom is 0.343 e. The Morgan fingerprint density at radius 2 is 1.11 bits per heavy atom. The minimum atomic E-state index is -1.25. The third kappa shape index (κ3) is 6.07. The number of aromatic hydroxyl groups is 2. The minimum absolute atomic E-state index is 0.00232. The lowest BCUT2D eigenvalue weighted by atomic mass is 9.88. The van der Waals surface area contributed by atoms with Crippen LogP contribution >= 0.6 is 0 Å². The second-order valence-electron chi connectivity index (χ2n) is 9.50. The molecule has 0 atom stereocenters. The van der Waals surface area contributed by atoms with Gasteiger partial charge < -0.3 is 19.7 Å². The molecule has 0 spiro atoms. The SMILES string of the molecule is O=C(Oc1c(O)c(O)c(C(=O)c2ccccc2)c(C(=O)OCc2ccccc2)c1C(=O)c1cccc(F)c1)c1ccccc1. The normalized spacial score (nSPS) is 10.6. The maximum atomic E-state index is 14.2. The van der Waals surface area contributed by atoms with Crippen LogP contribution in [0.15, 0.2) is 115 Å². The smallest absolute Gasteiger partial charge is 0.343 e. The molecule has 0 aromatic heterocycles. The van der Waals surface area contributed by atoms with E-state index in [9.17, 15) is 33.8 Å². The molecule has 5 aromatic rings. The lowest BCUT2D eigenvalue weighted by molar-refractivity contribution is 0.0464. The first-order valence-corrected chi connectivity index (χ1v) is 13.3. The first-order valence-electron chi connectivity index (χ1n) is 13.3. The molecule has 0 saturated heterocycles. The Labute approximate surface area is 250 Å². The molecular formula is C35H23FO8. The molecule has 0 aliphatic heterocycles. The zero-order chi connectivity index (χ0) is 31.2. The summed E-state index contributed by atoms with van der Waals surface area (Å²) in [6, 6.07) is 28.0. The summed E-state index contributed by atoms with van der Waals surface area (Å²) in [7, 11) is 0. The highest BCUT2D eigenvalue weighted by Crippen LogP contribution is 2.46. The fraction of sp³-hybridized carbons (Fsp3) is 0.0286. The Morgan fingerprint density at radius 3 is 1.73 bits per heavy atom. The summed E-state index contributed by atoms with van der Waals surface area (Å²) in [6.07, 6.45) is 0. The van der Waals surface area contributed by atoms with E-state index in [0.29, 0.717) is 5.56 Å². The number of carbonyl (C=O) groups excluding carboxylic acids is 4. The maximum absolute atomic E-state index is 14.2. The molecule has 0 aliphatic rings. The van der Waals surface area contributed by atoms with Crippen LogP contribution < -0.4 is 4.74 Å². The molecule has 9 heteroatoms. The van der Waals surface area contributed by atoms with Gasteiger partial charge in [0.25, 0.3) is 0 Å². The number of phenolic OH excluding ortho intramolecular Hbond substituents is 2. The van der Waals surface area contributed by atoms with Crippen LogP contribution in [0.2, 0.25) is 0 Å². The molecule has 0 radical (unpaired) electrons. The van der Waals surface area contributed by atoms with Gasteiger partial charge in [0.05, 0.1) is 22.3 Å². The average molecular weight is 591 g/mol. The van der Waals surface area contributed by atoms with Crippen molar-refractivity contribution < 1.29 is 43.3 Å². The molecule has 0 saturated carbocycles. The number of phenols is 2. The van der Waals surface area contributed by atoms with Gasteiger partial charge in [-0.2, -0.15) is 0 Å². The van der Waals surface area contributed by atoms with Crippen molar-refractivity contribution in [3.8, 4) is 17.2 Å². The van der Waals surface area contributed by atoms with Crippen LogP contribution in [0.5, 0.6) is 17.2 Å². The van der Waals surface area contributed by atoms with Crippen LogP contribution in [0.25, 0.3) is 0 Å². The molecule has 0 amide bonds. The zero-order valence-corrected chi connectivity index (χ0v) is 22.9. The van der Waals surface area contributed by atoms with Gasteiger partial charge in [-0.15, -0.1) is 0 Å². The minimum Gasteiger partial charge on any atom is -0.504 e. The molecule has 44 heavy (non-hydrogen) atoms. The van der Waals surface area contributed by atoms with Crippen LogP contribution in [0.1, 0.15) is 58.1 Å². The van der Waals surface area contributed by atoms with E-state index in [0.717, 1.165) is 12.1 Å². The molecule has 218 valence electrons. The van der Waals surface area contributed by atoms with Gasteiger partial charge in [-0.05, 0) is 29.8 Å². The van der Waals surface area contributed by atoms with E-state index in [-0.39, 0.29) is 23.3 Å². The van der Waals surface area contributed by atoms with Crippen molar-refractivity contribution in [3.05, 3.63) is 160 Å². The Hall–Kier alpha value is -6.09. The van der Waals surface area contributed by atoms with Crippen molar-refractivity contribution >= 4 is 23.5 Å². The Kier molecular flexibility index (Phi) is 8.57. The predicted octanol–water partition coefficient (Wildman–Crippen LogP) is 6.28. The lowest BCUT2D eigenvalue weighted by Gasteiger charge is -2.20. The number of esters is 2. The Morgan fingerprint density at radius 1 is 0.568 bits per heavy atom. The third-order valence-electron chi connectivity index (χ3n) is 6.60. The predicted molar refractivity (Wildman–Crippen MR) is 156 cm³/mol. The molecule has 0 fully saturated rings. The summed E-state index contributed by atoms with van der Waals surface area (Å²) in [5, 5.41) is 22.3. The molecule has 0 bridgehead atoms. The molecule has 5 rings (SSSR count). The van der Waals surface area contributed by atoms with Crippen molar-refractivity contribution in [2.75, 3.05) is 0 Å². The molecular weight excluding hydrogens is 567 g/mol. The van der Waals surface area contributed by atoms with Gasteiger partial charge in [0.2, 0.25) is 5.75 Å². The summed E-state index contributed by atoms with van der Waals surface area (Å²) in [4.78, 5) is 54.8. The van der Waals surface area contributed by atoms with Crippen molar-refractivity contribution in [2.24, 2.45) is 0 Å². The van der Waals surface area contributed by atoms with Gasteiger partial charge in [0.1, 0.15) is 12.4 Å². The van der Waals surface area contributed by atoms with E-state index >= 15 is 0 Å². The van der Waals surface area contributed by atoms with Gasteiger partial charge in [-0.1, -0.05) is 91.0 Å². The summed E-state index contributed by atoms with van der Waals surface area (Å²) >= 11 is 0. The van der Waals surface area contributed by atoms with Crippen molar-refractivity contribution in [3.63, 3.8) is 0 Å². The van der Waals surface area contributed by atoms with E-state index in [1.165, 1.54) is 48.5 Å². The topological polar surface area (TPSA) is 127 Å². The molecule has 8 nitrogen and oxygen atoms in total. The zero-order valence-electron chi connectivity index (χ0n) is 22.9. The van der Waals surface area contributed by atoms with Crippen molar-refractivity contribution in [1.29, 1.82) is 0 Å². The lowest BCUT2D eigenvalue weighted by Crippen LogP contribution is -2.21. The van der Waals surface area contributed by atoms with E-state index in [1.54, 1.807) is 54.6 Å². The quantitative estimate of drug-likeness (QED) is 0.0890. The average Bonchev–Trinajstić information content (AvgIpc) is 3.06. The van der Waals surface area contributed by atoms with E-state index in [2.05, 4.69) is 0 Å². The second kappa shape index (κ2) is 12.8. The van der Waals surface area contributed by atoms with Gasteiger partial charge in [-0.3, -0.25) is 9.59 Å². The van der Waals surface area contributed by atoms with Crippen LogP contribution in [0.3, 0.4) is 0 Å². The van der Waals surface area contributed by atoms with Crippen molar-refractivity contribution in [1.82, 2.24) is 0 Å². The van der Waals surface area contributed by atoms with E-state index in [4.69, 9.17) is 9.47 Å². The first-order chi connectivity index (χ1) is 21.3. The van der Waals surface area contributed by atoms with Crippen LogP contribution in [-0.2, 0) is 11.3 Å². The Bertz CT molecular complexity index is 1870. The number of hydrogen-bond acceptors (Lipinski definition) is 8. The molecule has 0 aliphatic carbocycles. The number of hydrogen-bond donors (Lipinski definition) is 2. The van der Waals surface area contributed by atoms with E-state index < -0.39 is 63.3 Å². The van der Waals surface area contributed by atoms with Gasteiger partial charge in [-0.25, -0.2) is 14.0 Å². The molecule has 0 unspecified atom stereocenters. The molecule has 2 N–H and O–H groups in total. The summed E-state index contributed by atoms with van der Waals surface area (Å²) < 4.78 is 25.1. The summed E-state index contributed by atoms with van der Waals surface area (Å²) in [5.74, 6) is -8.34. The highest BCUT2D eigenvalue weighted by atomic mass is 19.1. The van der Waals surface area contributed by atoms with Crippen LogP contribution in [0.4, 0.5) is 4.39 Å². The highest BCUT2D eigenvalue weighted by Gasteiger charge is 2.37.